The molecule has 1 heterocycles. The number of nitrogens with zero attached hydrogens (tertiary/aromatic N) is 2. The van der Waals surface area contributed by atoms with Gasteiger partial charge in [-0.05, 0) is 37.6 Å². The second-order valence-corrected chi connectivity index (χ2v) is 5.20. The van der Waals surface area contributed by atoms with Gasteiger partial charge in [0.25, 0.3) is 5.91 Å². The fraction of sp³-hybridized carbons (Fsp3) is 0.333. The summed E-state index contributed by atoms with van der Waals surface area (Å²) in [5.41, 5.74) is 5.13. The molecule has 8 heteroatoms. The van der Waals surface area contributed by atoms with Crippen LogP contribution in [0.4, 0.5) is 13.2 Å². The number of carbonyl (C=O) groups is 1. The number of rotatable bonds is 5. The van der Waals surface area contributed by atoms with E-state index in [1.165, 1.54) is 24.3 Å². The zero-order valence-electron chi connectivity index (χ0n) is 12.5. The summed E-state index contributed by atoms with van der Waals surface area (Å²) in [6.45, 7) is 2.22. The van der Waals surface area contributed by atoms with Crippen molar-refractivity contribution in [3.8, 4) is 5.69 Å². The van der Waals surface area contributed by atoms with Gasteiger partial charge in [-0.2, -0.15) is 18.3 Å². The second kappa shape index (κ2) is 6.82. The van der Waals surface area contributed by atoms with Gasteiger partial charge in [-0.15, -0.1) is 0 Å². The van der Waals surface area contributed by atoms with Crippen molar-refractivity contribution in [2.24, 2.45) is 5.73 Å². The number of halogens is 3. The van der Waals surface area contributed by atoms with Gasteiger partial charge >= 0.3 is 6.18 Å². The van der Waals surface area contributed by atoms with Gasteiger partial charge in [-0.3, -0.25) is 4.79 Å². The highest BCUT2D eigenvalue weighted by atomic mass is 19.4. The lowest BCUT2D eigenvalue weighted by atomic mass is 10.1. The van der Waals surface area contributed by atoms with E-state index in [4.69, 9.17) is 5.73 Å². The predicted molar refractivity (Wildman–Crippen MR) is 79.2 cm³/mol. The maximum absolute atomic E-state index is 12.9. The minimum atomic E-state index is -4.52. The summed E-state index contributed by atoms with van der Waals surface area (Å²) in [6.07, 6.45) is -2.84. The van der Waals surface area contributed by atoms with Crippen molar-refractivity contribution in [2.75, 3.05) is 6.54 Å². The molecular weight excluding hydrogens is 309 g/mol. The smallest absolute Gasteiger partial charge is 0.352 e. The SMILES string of the molecule is CC(N)CCNC(=O)c1cccc(-n2nccc2C(F)(F)F)c1. The Morgan fingerprint density at radius 1 is 1.39 bits per heavy atom. The molecule has 2 aromatic rings. The van der Waals surface area contributed by atoms with Crippen LogP contribution in [0, 0.1) is 0 Å². The highest BCUT2D eigenvalue weighted by molar-refractivity contribution is 5.94. The van der Waals surface area contributed by atoms with Gasteiger partial charge in [0.2, 0.25) is 0 Å². The molecule has 124 valence electrons. The molecule has 0 aliphatic carbocycles. The molecule has 1 amide bonds. The van der Waals surface area contributed by atoms with Gasteiger partial charge in [0.15, 0.2) is 0 Å². The van der Waals surface area contributed by atoms with Gasteiger partial charge in [0.1, 0.15) is 5.69 Å². The summed E-state index contributed by atoms with van der Waals surface area (Å²) >= 11 is 0. The number of hydrogen-bond acceptors (Lipinski definition) is 3. The minimum Gasteiger partial charge on any atom is -0.352 e. The van der Waals surface area contributed by atoms with E-state index < -0.39 is 11.9 Å². The van der Waals surface area contributed by atoms with Crippen LogP contribution in [0.25, 0.3) is 5.69 Å². The number of amides is 1. The predicted octanol–water partition coefficient (Wildman–Crippen LogP) is 2.36. The number of benzene rings is 1. The lowest BCUT2D eigenvalue weighted by molar-refractivity contribution is -0.142. The average Bonchev–Trinajstić information content (AvgIpc) is 2.96. The summed E-state index contributed by atoms with van der Waals surface area (Å²) in [5.74, 6) is -0.367. The molecule has 0 spiro atoms. The Kier molecular flexibility index (Phi) is 5.05. The molecule has 1 aromatic heterocycles. The monoisotopic (exact) mass is 326 g/mol. The van der Waals surface area contributed by atoms with Crippen LogP contribution in [0.1, 0.15) is 29.4 Å². The molecule has 1 atom stereocenters. The molecule has 0 fully saturated rings. The van der Waals surface area contributed by atoms with Crippen LogP contribution < -0.4 is 11.1 Å². The summed E-state index contributed by atoms with van der Waals surface area (Å²) in [4.78, 5) is 12.0. The van der Waals surface area contributed by atoms with E-state index in [2.05, 4.69) is 10.4 Å². The molecule has 5 nitrogen and oxygen atoms in total. The van der Waals surface area contributed by atoms with Crippen molar-refractivity contribution < 1.29 is 18.0 Å². The van der Waals surface area contributed by atoms with Crippen molar-refractivity contribution in [3.63, 3.8) is 0 Å². The number of hydrogen-bond donors (Lipinski definition) is 2. The van der Waals surface area contributed by atoms with Crippen LogP contribution in [0.3, 0.4) is 0 Å². The van der Waals surface area contributed by atoms with E-state index in [-0.39, 0.29) is 23.2 Å². The zero-order chi connectivity index (χ0) is 17.0. The zero-order valence-corrected chi connectivity index (χ0v) is 12.5. The van der Waals surface area contributed by atoms with Crippen LogP contribution in [0.2, 0.25) is 0 Å². The maximum atomic E-state index is 12.9. The van der Waals surface area contributed by atoms with E-state index in [0.29, 0.717) is 13.0 Å². The van der Waals surface area contributed by atoms with E-state index in [1.807, 2.05) is 6.92 Å². The Bertz CT molecular complexity index is 679. The van der Waals surface area contributed by atoms with Gasteiger partial charge in [-0.1, -0.05) is 6.07 Å². The van der Waals surface area contributed by atoms with Crippen LogP contribution in [0.5, 0.6) is 0 Å². The van der Waals surface area contributed by atoms with Crippen molar-refractivity contribution in [1.82, 2.24) is 15.1 Å². The van der Waals surface area contributed by atoms with Gasteiger partial charge < -0.3 is 11.1 Å². The molecule has 1 unspecified atom stereocenters. The standard InChI is InChI=1S/C15H17F3N4O/c1-10(19)5-7-20-14(23)11-3-2-4-12(9-11)22-13(6-8-21-22)15(16,17)18/h2-4,6,8-10H,5,7,19H2,1H3,(H,20,23). The van der Waals surface area contributed by atoms with Crippen molar-refractivity contribution >= 4 is 5.91 Å². The molecule has 0 saturated heterocycles. The first-order valence-electron chi connectivity index (χ1n) is 7.04. The van der Waals surface area contributed by atoms with E-state index >= 15 is 0 Å². The normalized spacial score (nSPS) is 12.9. The molecule has 2 rings (SSSR count). The molecule has 0 aliphatic rings. The third kappa shape index (κ3) is 4.32. The maximum Gasteiger partial charge on any atom is 0.433 e. The molecule has 23 heavy (non-hydrogen) atoms. The Balaban J connectivity index is 2.21. The summed E-state index contributed by atoms with van der Waals surface area (Å²) in [7, 11) is 0. The second-order valence-electron chi connectivity index (χ2n) is 5.20. The first kappa shape index (κ1) is 17.0. The van der Waals surface area contributed by atoms with Crippen LogP contribution in [-0.4, -0.2) is 28.3 Å². The van der Waals surface area contributed by atoms with Crippen molar-refractivity contribution in [3.05, 3.63) is 47.8 Å². The lowest BCUT2D eigenvalue weighted by Crippen LogP contribution is -2.29. The van der Waals surface area contributed by atoms with Crippen LogP contribution in [-0.2, 0) is 6.18 Å². The first-order chi connectivity index (χ1) is 10.8. The average molecular weight is 326 g/mol. The highest BCUT2D eigenvalue weighted by Gasteiger charge is 2.35. The minimum absolute atomic E-state index is 0.0416. The van der Waals surface area contributed by atoms with Gasteiger partial charge in [-0.25, -0.2) is 4.68 Å². The lowest BCUT2D eigenvalue weighted by Gasteiger charge is -2.12. The highest BCUT2D eigenvalue weighted by Crippen LogP contribution is 2.30. The number of carbonyl (C=O) groups excluding carboxylic acids is 1. The first-order valence-corrected chi connectivity index (χ1v) is 7.04. The third-order valence-electron chi connectivity index (χ3n) is 3.17. The molecular formula is C15H17F3N4O. The van der Waals surface area contributed by atoms with E-state index in [0.717, 1.165) is 16.9 Å². The molecule has 3 N–H and O–H groups in total. The molecule has 1 aromatic carbocycles. The fourth-order valence-electron chi connectivity index (χ4n) is 2.02. The summed E-state index contributed by atoms with van der Waals surface area (Å²) < 4.78 is 39.5. The van der Waals surface area contributed by atoms with Gasteiger partial charge in [0, 0.05) is 18.2 Å². The molecule has 0 radical (unpaired) electrons. The Morgan fingerprint density at radius 2 is 2.13 bits per heavy atom. The van der Waals surface area contributed by atoms with E-state index in [9.17, 15) is 18.0 Å². The number of nitrogens with two attached hydrogens (primary N) is 1. The van der Waals surface area contributed by atoms with Crippen LogP contribution in [0.15, 0.2) is 36.5 Å². The Morgan fingerprint density at radius 3 is 2.78 bits per heavy atom. The summed E-state index contributed by atoms with van der Waals surface area (Å²) in [6, 6.07) is 6.71. The Hall–Kier alpha value is -2.35. The van der Waals surface area contributed by atoms with Crippen molar-refractivity contribution in [1.29, 1.82) is 0 Å². The Labute approximate surface area is 131 Å². The fourth-order valence-corrected chi connectivity index (χ4v) is 2.02. The largest absolute Gasteiger partial charge is 0.433 e. The number of nitrogens with one attached hydrogen (secondary N) is 1. The molecule has 0 aliphatic heterocycles. The third-order valence-corrected chi connectivity index (χ3v) is 3.17. The molecule has 0 bridgehead atoms. The van der Waals surface area contributed by atoms with Crippen LogP contribution >= 0.6 is 0 Å². The number of aromatic nitrogens is 2. The molecule has 0 saturated carbocycles. The van der Waals surface area contributed by atoms with E-state index in [1.54, 1.807) is 0 Å². The summed E-state index contributed by atoms with van der Waals surface area (Å²) in [5, 5.41) is 6.36. The topological polar surface area (TPSA) is 72.9 Å². The van der Waals surface area contributed by atoms with Crippen molar-refractivity contribution in [2.45, 2.75) is 25.6 Å². The quantitative estimate of drug-likeness (QED) is 0.886. The number of alkyl halides is 3. The van der Waals surface area contributed by atoms with Gasteiger partial charge in [0.05, 0.1) is 11.9 Å².